The van der Waals surface area contributed by atoms with Crippen LogP contribution in [-0.4, -0.2) is 44.7 Å². The van der Waals surface area contributed by atoms with Crippen LogP contribution in [0.25, 0.3) is 5.65 Å². The number of imidazole rings is 1. The molecular formula is C22H16F5N7O2. The van der Waals surface area contributed by atoms with Crippen molar-refractivity contribution in [3.63, 3.8) is 0 Å². The molecule has 36 heavy (non-hydrogen) atoms. The number of amides is 2. The molecule has 2 amide bonds. The second-order valence-corrected chi connectivity index (χ2v) is 7.67. The van der Waals surface area contributed by atoms with Gasteiger partial charge in [0.15, 0.2) is 5.82 Å². The summed E-state index contributed by atoms with van der Waals surface area (Å²) in [6.07, 6.45) is 1.84. The zero-order chi connectivity index (χ0) is 25.4. The Balaban J connectivity index is 1.55. The van der Waals surface area contributed by atoms with E-state index in [-0.39, 0.29) is 29.7 Å². The van der Waals surface area contributed by atoms with Gasteiger partial charge in [0.25, 0.3) is 0 Å². The number of benzene rings is 1. The third-order valence-corrected chi connectivity index (χ3v) is 5.26. The molecule has 0 radical (unpaired) electrons. The number of hydrogen-bond acceptors (Lipinski definition) is 6. The lowest BCUT2D eigenvalue weighted by molar-refractivity contribution is -0.115. The molecule has 9 nitrogen and oxygen atoms in total. The molecule has 0 saturated carbocycles. The smallest absolute Gasteiger partial charge is 0.405 e. The van der Waals surface area contributed by atoms with Gasteiger partial charge in [-0.15, -0.1) is 0 Å². The van der Waals surface area contributed by atoms with Gasteiger partial charge in [-0.05, 0) is 36.4 Å². The number of ether oxygens (including phenoxy) is 1. The molecule has 14 heteroatoms. The first-order valence-electron chi connectivity index (χ1n) is 10.4. The first-order chi connectivity index (χ1) is 17.2. The van der Waals surface area contributed by atoms with Crippen molar-refractivity contribution < 1.29 is 31.5 Å². The van der Waals surface area contributed by atoms with Crippen LogP contribution in [-0.2, 0) is 6.54 Å². The molecule has 0 atom stereocenters. The summed E-state index contributed by atoms with van der Waals surface area (Å²) < 4.78 is 69.2. The zero-order valence-corrected chi connectivity index (χ0v) is 18.2. The van der Waals surface area contributed by atoms with Crippen LogP contribution in [0.1, 0.15) is 5.56 Å². The monoisotopic (exact) mass is 505 g/mol. The standard InChI is InChI=1S/C22H16F5N7O2/c23-19(24)36-16-4-1-14(2-5-16)34-18-13(9-29-20(31-18)30-12-22(25,26)27)10-33(21(34)35)15-3-6-17-28-7-8-32(17)11-15/h1-9,11,19H,10,12H2,(H,29,30,31). The summed E-state index contributed by atoms with van der Waals surface area (Å²) in [5, 5.41) is 2.10. The van der Waals surface area contributed by atoms with E-state index in [2.05, 4.69) is 25.0 Å². The number of alkyl halides is 5. The quantitative estimate of drug-likeness (QED) is 0.372. The van der Waals surface area contributed by atoms with Gasteiger partial charge in [-0.1, -0.05) is 0 Å². The summed E-state index contributed by atoms with van der Waals surface area (Å²) in [5.41, 5.74) is 1.86. The Bertz CT molecular complexity index is 1410. The number of carbonyl (C=O) groups excluding carboxylic acids is 1. The number of rotatable bonds is 6. The molecule has 0 bridgehead atoms. The van der Waals surface area contributed by atoms with Gasteiger partial charge in [0, 0.05) is 30.4 Å². The lowest BCUT2D eigenvalue weighted by atomic mass is 10.1. The first-order valence-corrected chi connectivity index (χ1v) is 10.4. The van der Waals surface area contributed by atoms with Gasteiger partial charge in [-0.3, -0.25) is 4.90 Å². The number of pyridine rings is 1. The van der Waals surface area contributed by atoms with E-state index >= 15 is 0 Å². The van der Waals surface area contributed by atoms with Crippen LogP contribution >= 0.6 is 0 Å². The van der Waals surface area contributed by atoms with E-state index in [4.69, 9.17) is 0 Å². The number of nitrogens with one attached hydrogen (secondary N) is 1. The summed E-state index contributed by atoms with van der Waals surface area (Å²) in [5.74, 6) is -0.395. The van der Waals surface area contributed by atoms with Crippen molar-refractivity contribution in [3.05, 3.63) is 66.7 Å². The Hall–Kier alpha value is -4.49. The molecule has 1 aromatic carbocycles. The van der Waals surface area contributed by atoms with E-state index in [1.165, 1.54) is 40.3 Å². The van der Waals surface area contributed by atoms with Crippen molar-refractivity contribution in [3.8, 4) is 5.75 Å². The van der Waals surface area contributed by atoms with Gasteiger partial charge in [-0.2, -0.15) is 26.9 Å². The SMILES string of the molecule is O=C1N(c2ccc3nccn3c2)Cc2cnc(NCC(F)(F)F)nc2N1c1ccc(OC(F)F)cc1. The number of anilines is 4. The third kappa shape index (κ3) is 4.69. The minimum atomic E-state index is -4.50. The molecule has 1 N–H and O–H groups in total. The predicted molar refractivity (Wildman–Crippen MR) is 119 cm³/mol. The number of carbonyl (C=O) groups is 1. The molecule has 1 aliphatic heterocycles. The fourth-order valence-corrected chi connectivity index (χ4v) is 3.70. The highest BCUT2D eigenvalue weighted by Crippen LogP contribution is 2.36. The lowest BCUT2D eigenvalue weighted by Gasteiger charge is -2.36. The minimum absolute atomic E-state index is 0.0387. The minimum Gasteiger partial charge on any atom is -0.435 e. The average Bonchev–Trinajstić information content (AvgIpc) is 3.30. The van der Waals surface area contributed by atoms with Crippen molar-refractivity contribution in [2.45, 2.75) is 19.3 Å². The summed E-state index contributed by atoms with van der Waals surface area (Å²) in [6, 6.07) is 8.08. The number of hydrogen-bond donors (Lipinski definition) is 1. The molecule has 0 unspecified atom stereocenters. The molecule has 4 aromatic rings. The van der Waals surface area contributed by atoms with Crippen LogP contribution in [0, 0.1) is 0 Å². The van der Waals surface area contributed by atoms with Gasteiger partial charge in [0.05, 0.1) is 17.9 Å². The summed E-state index contributed by atoms with van der Waals surface area (Å²) >= 11 is 0. The van der Waals surface area contributed by atoms with Gasteiger partial charge >= 0.3 is 18.8 Å². The maximum Gasteiger partial charge on any atom is 0.405 e. The van der Waals surface area contributed by atoms with E-state index in [1.807, 2.05) is 0 Å². The Morgan fingerprint density at radius 3 is 2.53 bits per heavy atom. The van der Waals surface area contributed by atoms with E-state index < -0.39 is 25.4 Å². The van der Waals surface area contributed by atoms with E-state index in [0.29, 0.717) is 16.9 Å². The number of aromatic nitrogens is 4. The molecule has 0 spiro atoms. The van der Waals surface area contributed by atoms with Gasteiger partial charge in [-0.25, -0.2) is 19.7 Å². The first kappa shape index (κ1) is 23.3. The highest BCUT2D eigenvalue weighted by Gasteiger charge is 2.35. The second-order valence-electron chi connectivity index (χ2n) is 7.67. The van der Waals surface area contributed by atoms with Gasteiger partial charge < -0.3 is 14.5 Å². The Kier molecular flexibility index (Phi) is 5.78. The molecule has 3 aromatic heterocycles. The van der Waals surface area contributed by atoms with Crippen molar-refractivity contribution in [2.75, 3.05) is 21.7 Å². The van der Waals surface area contributed by atoms with Crippen LogP contribution in [0.2, 0.25) is 0 Å². The van der Waals surface area contributed by atoms with Crippen LogP contribution in [0.5, 0.6) is 5.75 Å². The normalized spacial score (nSPS) is 13.9. The molecule has 0 fully saturated rings. The molecular weight excluding hydrogens is 489 g/mol. The van der Waals surface area contributed by atoms with Crippen molar-refractivity contribution >= 4 is 34.8 Å². The maximum absolute atomic E-state index is 13.7. The van der Waals surface area contributed by atoms with Crippen LogP contribution in [0.4, 0.5) is 49.9 Å². The molecule has 5 rings (SSSR count). The van der Waals surface area contributed by atoms with Gasteiger partial charge in [0.2, 0.25) is 5.95 Å². The number of urea groups is 1. The van der Waals surface area contributed by atoms with Crippen LogP contribution < -0.4 is 19.9 Å². The van der Waals surface area contributed by atoms with Crippen LogP contribution in [0.15, 0.2) is 61.2 Å². The average molecular weight is 505 g/mol. The Morgan fingerprint density at radius 2 is 1.81 bits per heavy atom. The van der Waals surface area contributed by atoms with Gasteiger partial charge in [0.1, 0.15) is 17.9 Å². The fourth-order valence-electron chi connectivity index (χ4n) is 3.70. The summed E-state index contributed by atoms with van der Waals surface area (Å²) in [4.78, 5) is 28.6. The number of fused-ring (bicyclic) bond motifs is 2. The Labute approximate surface area is 199 Å². The zero-order valence-electron chi connectivity index (χ0n) is 18.2. The molecule has 0 aliphatic carbocycles. The summed E-state index contributed by atoms with van der Waals surface area (Å²) in [6.45, 7) is -4.36. The summed E-state index contributed by atoms with van der Waals surface area (Å²) in [7, 11) is 0. The highest BCUT2D eigenvalue weighted by atomic mass is 19.4. The second kappa shape index (κ2) is 8.94. The van der Waals surface area contributed by atoms with E-state index in [0.717, 1.165) is 0 Å². The van der Waals surface area contributed by atoms with E-state index in [1.54, 1.807) is 35.1 Å². The molecule has 0 saturated heterocycles. The molecule has 4 heterocycles. The molecule has 186 valence electrons. The largest absolute Gasteiger partial charge is 0.435 e. The van der Waals surface area contributed by atoms with Crippen molar-refractivity contribution in [1.29, 1.82) is 0 Å². The van der Waals surface area contributed by atoms with Crippen molar-refractivity contribution in [1.82, 2.24) is 19.4 Å². The fraction of sp³-hybridized carbons (Fsp3) is 0.182. The predicted octanol–water partition coefficient (Wildman–Crippen LogP) is 4.98. The number of halogens is 5. The molecule has 1 aliphatic rings. The highest BCUT2D eigenvalue weighted by molar-refractivity contribution is 6.10. The lowest BCUT2D eigenvalue weighted by Crippen LogP contribution is -2.45. The van der Waals surface area contributed by atoms with Crippen LogP contribution in [0.3, 0.4) is 0 Å². The third-order valence-electron chi connectivity index (χ3n) is 5.26. The maximum atomic E-state index is 13.7. The van der Waals surface area contributed by atoms with Crippen molar-refractivity contribution in [2.24, 2.45) is 0 Å². The van der Waals surface area contributed by atoms with E-state index in [9.17, 15) is 26.7 Å². The Morgan fingerprint density at radius 1 is 1.06 bits per heavy atom. The topological polar surface area (TPSA) is 87.9 Å². The number of nitrogens with zero attached hydrogens (tertiary/aromatic N) is 6.